The highest BCUT2D eigenvalue weighted by Gasteiger charge is 1.97. The van der Waals surface area contributed by atoms with Crippen molar-refractivity contribution in [1.82, 2.24) is 4.98 Å². The van der Waals surface area contributed by atoms with Gasteiger partial charge in [-0.25, -0.2) is 4.98 Å². The summed E-state index contributed by atoms with van der Waals surface area (Å²) in [7, 11) is 0. The smallest absolute Gasteiger partial charge is 0.123 e. The Kier molecular flexibility index (Phi) is 3.53. The number of ether oxygens (including phenoxy) is 1. The molecule has 12 heavy (non-hydrogen) atoms. The molecule has 2 nitrogen and oxygen atoms in total. The van der Waals surface area contributed by atoms with Crippen LogP contribution in [0.4, 0.5) is 0 Å². The molecule has 0 aliphatic rings. The van der Waals surface area contributed by atoms with E-state index in [4.69, 9.17) is 4.74 Å². The number of halogens is 1. The van der Waals surface area contributed by atoms with Gasteiger partial charge in [0.15, 0.2) is 0 Å². The number of pyridine rings is 1. The summed E-state index contributed by atoms with van der Waals surface area (Å²) < 4.78 is 6.29. The van der Waals surface area contributed by atoms with Crippen molar-refractivity contribution in [3.8, 4) is 5.75 Å². The Bertz CT molecular complexity index is 250. The third kappa shape index (κ3) is 3.22. The standard InChI is InChI=1S/C9H12BrNO/c1-7(2)6-12-8-3-4-11-9(10)5-8/h3-5,7H,6H2,1-2H3. The van der Waals surface area contributed by atoms with E-state index < -0.39 is 0 Å². The molecule has 0 radical (unpaired) electrons. The van der Waals surface area contributed by atoms with Gasteiger partial charge >= 0.3 is 0 Å². The van der Waals surface area contributed by atoms with Gasteiger partial charge < -0.3 is 4.74 Å². The van der Waals surface area contributed by atoms with Crippen LogP contribution in [0.1, 0.15) is 13.8 Å². The third-order valence-electron chi connectivity index (χ3n) is 1.28. The average Bonchev–Trinajstić information content (AvgIpc) is 2.01. The van der Waals surface area contributed by atoms with E-state index in [2.05, 4.69) is 34.8 Å². The van der Waals surface area contributed by atoms with Crippen LogP contribution in [0, 0.1) is 5.92 Å². The minimum absolute atomic E-state index is 0.553. The molecule has 0 spiro atoms. The summed E-state index contributed by atoms with van der Waals surface area (Å²) >= 11 is 3.28. The first-order valence-corrected chi connectivity index (χ1v) is 4.72. The minimum Gasteiger partial charge on any atom is -0.493 e. The van der Waals surface area contributed by atoms with E-state index in [0.717, 1.165) is 17.0 Å². The van der Waals surface area contributed by atoms with Gasteiger partial charge in [-0.1, -0.05) is 13.8 Å². The first-order chi connectivity index (χ1) is 5.68. The second-order valence-electron chi connectivity index (χ2n) is 3.02. The van der Waals surface area contributed by atoms with E-state index >= 15 is 0 Å². The van der Waals surface area contributed by atoms with Crippen molar-refractivity contribution in [2.45, 2.75) is 13.8 Å². The van der Waals surface area contributed by atoms with Crippen molar-refractivity contribution in [3.05, 3.63) is 22.9 Å². The third-order valence-corrected chi connectivity index (χ3v) is 1.72. The van der Waals surface area contributed by atoms with E-state index in [1.165, 1.54) is 0 Å². The van der Waals surface area contributed by atoms with Gasteiger partial charge in [0.05, 0.1) is 6.61 Å². The molecule has 0 unspecified atom stereocenters. The number of rotatable bonds is 3. The van der Waals surface area contributed by atoms with Gasteiger partial charge in [-0.15, -0.1) is 0 Å². The molecule has 0 fully saturated rings. The predicted octanol–water partition coefficient (Wildman–Crippen LogP) is 2.88. The van der Waals surface area contributed by atoms with Crippen LogP contribution in [0.25, 0.3) is 0 Å². The average molecular weight is 230 g/mol. The highest BCUT2D eigenvalue weighted by atomic mass is 79.9. The Hall–Kier alpha value is -0.570. The summed E-state index contributed by atoms with van der Waals surface area (Å²) in [6, 6.07) is 3.72. The molecular weight excluding hydrogens is 218 g/mol. The highest BCUT2D eigenvalue weighted by Crippen LogP contribution is 2.15. The van der Waals surface area contributed by atoms with Crippen LogP contribution in [0.3, 0.4) is 0 Å². The van der Waals surface area contributed by atoms with Crippen LogP contribution < -0.4 is 4.74 Å². The fraction of sp³-hybridized carbons (Fsp3) is 0.444. The second kappa shape index (κ2) is 4.45. The van der Waals surface area contributed by atoms with Gasteiger partial charge in [-0.2, -0.15) is 0 Å². The molecule has 1 aromatic heterocycles. The maximum atomic E-state index is 5.48. The van der Waals surface area contributed by atoms with Gasteiger partial charge in [0, 0.05) is 12.3 Å². The maximum absolute atomic E-state index is 5.48. The van der Waals surface area contributed by atoms with Gasteiger partial charge in [-0.3, -0.25) is 0 Å². The summed E-state index contributed by atoms with van der Waals surface area (Å²) in [6.45, 7) is 4.99. The van der Waals surface area contributed by atoms with Gasteiger partial charge in [0.1, 0.15) is 10.4 Å². The summed E-state index contributed by atoms with van der Waals surface area (Å²) in [5.41, 5.74) is 0. The van der Waals surface area contributed by atoms with Crippen LogP contribution >= 0.6 is 15.9 Å². The number of aromatic nitrogens is 1. The molecule has 0 aromatic carbocycles. The molecule has 3 heteroatoms. The zero-order valence-electron chi connectivity index (χ0n) is 7.25. The predicted molar refractivity (Wildman–Crippen MR) is 52.3 cm³/mol. The largest absolute Gasteiger partial charge is 0.493 e. The Morgan fingerprint density at radius 1 is 1.58 bits per heavy atom. The maximum Gasteiger partial charge on any atom is 0.123 e. The van der Waals surface area contributed by atoms with Crippen molar-refractivity contribution in [2.75, 3.05) is 6.61 Å². The Balaban J connectivity index is 2.52. The van der Waals surface area contributed by atoms with E-state index in [-0.39, 0.29) is 0 Å². The Morgan fingerprint density at radius 3 is 2.92 bits per heavy atom. The quantitative estimate of drug-likeness (QED) is 0.745. The molecule has 0 aliphatic heterocycles. The zero-order valence-corrected chi connectivity index (χ0v) is 8.84. The lowest BCUT2D eigenvalue weighted by molar-refractivity contribution is 0.270. The van der Waals surface area contributed by atoms with Crippen LogP contribution in [0.15, 0.2) is 22.9 Å². The van der Waals surface area contributed by atoms with E-state index in [9.17, 15) is 0 Å². The summed E-state index contributed by atoms with van der Waals surface area (Å²) in [5.74, 6) is 1.42. The molecule has 0 bridgehead atoms. The molecule has 66 valence electrons. The topological polar surface area (TPSA) is 22.1 Å². The van der Waals surface area contributed by atoms with Crippen molar-refractivity contribution >= 4 is 15.9 Å². The van der Waals surface area contributed by atoms with E-state index in [1.807, 2.05) is 12.1 Å². The molecule has 0 saturated heterocycles. The second-order valence-corrected chi connectivity index (χ2v) is 3.83. The van der Waals surface area contributed by atoms with Crippen LogP contribution in [-0.2, 0) is 0 Å². The van der Waals surface area contributed by atoms with E-state index in [1.54, 1.807) is 6.20 Å². The van der Waals surface area contributed by atoms with Crippen molar-refractivity contribution < 1.29 is 4.74 Å². The zero-order chi connectivity index (χ0) is 8.97. The van der Waals surface area contributed by atoms with Gasteiger partial charge in [-0.05, 0) is 27.9 Å². The lowest BCUT2D eigenvalue weighted by Crippen LogP contribution is -2.04. The molecule has 0 amide bonds. The van der Waals surface area contributed by atoms with Crippen molar-refractivity contribution in [3.63, 3.8) is 0 Å². The lowest BCUT2D eigenvalue weighted by Gasteiger charge is -2.07. The van der Waals surface area contributed by atoms with Crippen molar-refractivity contribution in [1.29, 1.82) is 0 Å². The highest BCUT2D eigenvalue weighted by molar-refractivity contribution is 9.10. The summed E-state index contributed by atoms with van der Waals surface area (Å²) in [4.78, 5) is 4.00. The van der Waals surface area contributed by atoms with Gasteiger partial charge in [0.25, 0.3) is 0 Å². The molecule has 0 aliphatic carbocycles. The molecular formula is C9H12BrNO. The molecule has 1 rings (SSSR count). The van der Waals surface area contributed by atoms with Crippen molar-refractivity contribution in [2.24, 2.45) is 5.92 Å². The number of hydrogen-bond acceptors (Lipinski definition) is 2. The molecule has 0 saturated carbocycles. The number of hydrogen-bond donors (Lipinski definition) is 0. The fourth-order valence-corrected chi connectivity index (χ4v) is 1.08. The lowest BCUT2D eigenvalue weighted by atomic mass is 10.2. The fourth-order valence-electron chi connectivity index (χ4n) is 0.737. The Morgan fingerprint density at radius 2 is 2.33 bits per heavy atom. The monoisotopic (exact) mass is 229 g/mol. The first kappa shape index (κ1) is 9.52. The number of nitrogens with zero attached hydrogens (tertiary/aromatic N) is 1. The van der Waals surface area contributed by atoms with E-state index in [0.29, 0.717) is 5.92 Å². The first-order valence-electron chi connectivity index (χ1n) is 3.93. The van der Waals surface area contributed by atoms with Crippen LogP contribution in [0.5, 0.6) is 5.75 Å². The van der Waals surface area contributed by atoms with Crippen LogP contribution in [-0.4, -0.2) is 11.6 Å². The molecule has 0 N–H and O–H groups in total. The normalized spacial score (nSPS) is 10.3. The minimum atomic E-state index is 0.553. The van der Waals surface area contributed by atoms with Crippen LogP contribution in [0.2, 0.25) is 0 Å². The molecule has 1 aromatic rings. The molecule has 1 heterocycles. The summed E-state index contributed by atoms with van der Waals surface area (Å²) in [6.07, 6.45) is 1.72. The van der Waals surface area contributed by atoms with Gasteiger partial charge in [0.2, 0.25) is 0 Å². The molecule has 0 atom stereocenters. The SMILES string of the molecule is CC(C)COc1ccnc(Br)c1. The summed E-state index contributed by atoms with van der Waals surface area (Å²) in [5, 5.41) is 0. The Labute approximate surface area is 81.1 Å².